The predicted molar refractivity (Wildman–Crippen MR) is 271 cm³/mol. The maximum Gasteiger partial charge on any atom is 0.249 e. The summed E-state index contributed by atoms with van der Waals surface area (Å²) in [6.45, 7) is 16.5. The molecule has 2 unspecified atom stereocenters. The third-order valence-corrected chi connectivity index (χ3v) is 15.7. The summed E-state index contributed by atoms with van der Waals surface area (Å²) < 4.78 is 14.1. The maximum absolute atomic E-state index is 14.3. The average molecular weight is 1010 g/mol. The Morgan fingerprint density at radius 3 is 2.40 bits per heavy atom. The van der Waals surface area contributed by atoms with Gasteiger partial charge in [-0.3, -0.25) is 28.7 Å². The molecule has 4 amide bonds. The molecule has 4 N–H and O–H groups in total. The smallest absolute Gasteiger partial charge is 0.249 e. The number of thiazole rings is 1. The number of ether oxygens (including phenoxy) is 2. The Kier molecular flexibility index (Phi) is 15.7. The maximum atomic E-state index is 14.3. The molecule has 70 heavy (non-hydrogen) atoms. The van der Waals surface area contributed by atoms with Crippen molar-refractivity contribution in [3.8, 4) is 15.4 Å². The molecule has 6 heterocycles. The largest absolute Gasteiger partial charge is 0.391 e. The number of aromatic nitrogens is 4. The lowest BCUT2D eigenvalue weighted by molar-refractivity contribution is -0.146. The summed E-state index contributed by atoms with van der Waals surface area (Å²) in [7, 11) is 0. The van der Waals surface area contributed by atoms with Crippen LogP contribution >= 0.6 is 34.3 Å². The molecule has 2 fully saturated rings. The number of carbonyl (C=O) groups is 4. The van der Waals surface area contributed by atoms with Gasteiger partial charge in [0, 0.05) is 47.1 Å². The molecule has 3 aliphatic heterocycles. The number of fused-ring (bicyclic) bond motifs is 3. The zero-order chi connectivity index (χ0) is 50.0. The number of likely N-dealkylation sites (tertiary alicyclic amines) is 1. The zero-order valence-corrected chi connectivity index (χ0v) is 43.3. The highest BCUT2D eigenvalue weighted by atomic mass is 35.5. The summed E-state index contributed by atoms with van der Waals surface area (Å²) in [5, 5.41) is 30.2. The van der Waals surface area contributed by atoms with Crippen molar-refractivity contribution in [1.82, 2.24) is 40.6 Å². The Morgan fingerprint density at radius 1 is 0.971 bits per heavy atom. The molecule has 7 atom stereocenters. The molecule has 2 saturated heterocycles. The van der Waals surface area contributed by atoms with Crippen LogP contribution in [0.2, 0.25) is 5.02 Å². The van der Waals surface area contributed by atoms with E-state index in [2.05, 4.69) is 45.0 Å². The Hall–Kier alpha value is -5.37. The third kappa shape index (κ3) is 11.2. The van der Waals surface area contributed by atoms with Crippen LogP contribution in [-0.4, -0.2) is 116 Å². The fourth-order valence-corrected chi connectivity index (χ4v) is 11.4. The van der Waals surface area contributed by atoms with E-state index in [0.29, 0.717) is 43.3 Å². The van der Waals surface area contributed by atoms with Crippen molar-refractivity contribution in [3.63, 3.8) is 0 Å². The molecule has 0 radical (unpaired) electrons. The van der Waals surface area contributed by atoms with Gasteiger partial charge in [-0.1, -0.05) is 68.8 Å². The number of nitrogens with one attached hydrogen (secondary N) is 3. The molecule has 372 valence electrons. The monoisotopic (exact) mass is 1010 g/mol. The number of β-amino-alcohol motifs (C(OH)–C–C–N with tert-alkyl or cyclic N) is 1. The van der Waals surface area contributed by atoms with Crippen molar-refractivity contribution < 1.29 is 33.8 Å². The second-order valence-electron chi connectivity index (χ2n) is 19.5. The van der Waals surface area contributed by atoms with Gasteiger partial charge >= 0.3 is 0 Å². The number of carbonyl (C=O) groups excluding carboxylic acids is 4. The van der Waals surface area contributed by atoms with Crippen LogP contribution in [0, 0.1) is 33.1 Å². The summed E-state index contributed by atoms with van der Waals surface area (Å²) in [6, 6.07) is 12.7. The van der Waals surface area contributed by atoms with Crippen molar-refractivity contribution in [3.05, 3.63) is 104 Å². The van der Waals surface area contributed by atoms with Crippen LogP contribution in [0.5, 0.6) is 0 Å². The van der Waals surface area contributed by atoms with E-state index in [1.54, 1.807) is 22.7 Å². The molecule has 3 aliphatic rings. The van der Waals surface area contributed by atoms with Gasteiger partial charge in [-0.25, -0.2) is 4.98 Å². The highest BCUT2D eigenvalue weighted by molar-refractivity contribution is 7.15. The minimum absolute atomic E-state index is 0.0274. The van der Waals surface area contributed by atoms with Gasteiger partial charge in [0.05, 0.1) is 53.1 Å². The highest BCUT2D eigenvalue weighted by Gasteiger charge is 2.46. The minimum Gasteiger partial charge on any atom is -0.391 e. The van der Waals surface area contributed by atoms with Crippen molar-refractivity contribution in [2.45, 2.75) is 130 Å². The zero-order valence-electron chi connectivity index (χ0n) is 40.9. The first-order valence-electron chi connectivity index (χ1n) is 23.8. The first-order chi connectivity index (χ1) is 33.4. The van der Waals surface area contributed by atoms with Crippen LogP contribution in [0.15, 0.2) is 59.0 Å². The van der Waals surface area contributed by atoms with Gasteiger partial charge in [-0.05, 0) is 88.1 Å². The van der Waals surface area contributed by atoms with Crippen LogP contribution < -0.4 is 16.0 Å². The molecule has 5 aromatic rings. The second kappa shape index (κ2) is 21.5. The van der Waals surface area contributed by atoms with E-state index < -0.39 is 47.6 Å². The van der Waals surface area contributed by atoms with Crippen molar-refractivity contribution in [2.75, 3.05) is 26.3 Å². The van der Waals surface area contributed by atoms with E-state index in [1.807, 2.05) is 100 Å². The Balaban J connectivity index is 0.798. The first-order valence-corrected chi connectivity index (χ1v) is 25.9. The van der Waals surface area contributed by atoms with E-state index in [9.17, 15) is 24.3 Å². The van der Waals surface area contributed by atoms with E-state index in [1.165, 1.54) is 4.90 Å². The second-order valence-corrected chi connectivity index (χ2v) is 22.0. The van der Waals surface area contributed by atoms with Gasteiger partial charge in [-0.15, -0.1) is 32.9 Å². The number of amides is 4. The Morgan fingerprint density at radius 2 is 1.70 bits per heavy atom. The van der Waals surface area contributed by atoms with Crippen LogP contribution in [0.1, 0.15) is 116 Å². The number of aliphatic imine (C=N–C) groups is 1. The topological polar surface area (TPSA) is 202 Å². The SMILES string of the molecule is Cc1ncsc1-c1ccc([C@H](C)NC(=O)[C@@H]2C[C@@H](O)CN2C(=O)[C@@H](NC(=O)C2CCC(COCCCNC(=O)C[C@@H]3N=C(c4ccc(Cl)cc4)c4c(sc(C)c4C)-n4c(C)nnc43)O2)C(C)(C)C)cc1. The fourth-order valence-electron chi connectivity index (χ4n) is 9.27. The van der Waals surface area contributed by atoms with Crippen LogP contribution in [0.4, 0.5) is 0 Å². The highest BCUT2D eigenvalue weighted by Crippen LogP contribution is 2.40. The van der Waals surface area contributed by atoms with Crippen molar-refractivity contribution in [2.24, 2.45) is 10.4 Å². The average Bonchev–Trinajstić information content (AvgIpc) is 4.17. The fraction of sp³-hybridized carbons (Fsp3) is 0.490. The lowest BCUT2D eigenvalue weighted by Gasteiger charge is -2.36. The number of nitrogens with zero attached hydrogens (tertiary/aromatic N) is 6. The van der Waals surface area contributed by atoms with Crippen molar-refractivity contribution >= 4 is 63.6 Å². The van der Waals surface area contributed by atoms with E-state index >= 15 is 0 Å². The number of thiophene rings is 1. The summed E-state index contributed by atoms with van der Waals surface area (Å²) in [5.74, 6) is -0.0808. The van der Waals surface area contributed by atoms with E-state index in [4.69, 9.17) is 26.1 Å². The number of hydrogen-bond acceptors (Lipinski definition) is 13. The summed E-state index contributed by atoms with van der Waals surface area (Å²) in [4.78, 5) is 68.4. The summed E-state index contributed by atoms with van der Waals surface area (Å²) in [6.07, 6.45) is -0.266. The van der Waals surface area contributed by atoms with Gasteiger partial charge in [0.25, 0.3) is 0 Å². The third-order valence-electron chi connectivity index (χ3n) is 13.3. The van der Waals surface area contributed by atoms with Crippen LogP contribution in [0.25, 0.3) is 15.4 Å². The van der Waals surface area contributed by atoms with Gasteiger partial charge in [0.15, 0.2) is 5.82 Å². The van der Waals surface area contributed by atoms with Gasteiger partial charge in [0.2, 0.25) is 23.6 Å². The number of halogens is 1. The normalized spacial score (nSPS) is 20.8. The minimum atomic E-state index is -0.987. The number of aliphatic hydroxyl groups is 1. The molecule has 16 nitrogen and oxygen atoms in total. The molecule has 2 aromatic carbocycles. The lowest BCUT2D eigenvalue weighted by Crippen LogP contribution is -2.59. The van der Waals surface area contributed by atoms with E-state index in [-0.39, 0.29) is 50.0 Å². The lowest BCUT2D eigenvalue weighted by atomic mass is 9.85. The van der Waals surface area contributed by atoms with Gasteiger partial charge in [-0.2, -0.15) is 0 Å². The molecular weight excluding hydrogens is 950 g/mol. The molecule has 0 aliphatic carbocycles. The molecule has 8 rings (SSSR count). The molecule has 0 bridgehead atoms. The first kappa shape index (κ1) is 51.0. The standard InChI is InChI=1S/C51H62ClN9O7S2/c1-27-30(4)70-50-42(27)43(33-14-16-35(52)17-15-33)56-38(46-59-58-31(5)61(46)50)23-41(63)53-20-9-21-67-25-37-18-19-40(68-37)48(65)57-45(51(6,7)8)49(66)60-24-36(62)22-39(60)47(64)55-28(2)32-10-12-34(13-11-32)44-29(3)54-26-69-44/h10-17,26,28,36-40,45,62H,9,18-25H2,1-8H3,(H,53,63)(H,55,64)(H,57,65)/t28-,36+,37?,38-,39-,40?,45+/m0/s1. The quantitative estimate of drug-likeness (QED) is 0.0742. The summed E-state index contributed by atoms with van der Waals surface area (Å²) in [5.41, 5.74) is 7.79. The van der Waals surface area contributed by atoms with Gasteiger partial charge < -0.3 is 35.4 Å². The Labute approximate surface area is 421 Å². The molecule has 0 saturated carbocycles. The predicted octanol–water partition coefficient (Wildman–Crippen LogP) is 7.06. The van der Waals surface area contributed by atoms with Crippen LogP contribution in [-0.2, 0) is 28.7 Å². The molecule has 19 heteroatoms. The number of rotatable bonds is 16. The number of aryl methyl sites for hydroxylation is 3. The number of hydrogen-bond donors (Lipinski definition) is 4. The van der Waals surface area contributed by atoms with Gasteiger partial charge in [0.1, 0.15) is 35.1 Å². The molecular formula is C51H62ClN9O7S2. The van der Waals surface area contributed by atoms with Crippen molar-refractivity contribution in [1.29, 1.82) is 0 Å². The number of aliphatic hydroxyl groups excluding tert-OH is 1. The molecule has 0 spiro atoms. The van der Waals surface area contributed by atoms with E-state index in [0.717, 1.165) is 59.8 Å². The summed E-state index contributed by atoms with van der Waals surface area (Å²) >= 11 is 9.48. The van der Waals surface area contributed by atoms with Crippen LogP contribution in [0.3, 0.4) is 0 Å². The molecule has 3 aromatic heterocycles. The number of benzene rings is 2. The Bertz CT molecular complexity index is 2750.